The second-order valence-electron chi connectivity index (χ2n) is 7.77. The first kappa shape index (κ1) is 22.4. The zero-order chi connectivity index (χ0) is 22.7. The number of ether oxygens (including phenoxy) is 2. The average Bonchev–Trinajstić information content (AvgIpc) is 2.76. The van der Waals surface area contributed by atoms with Crippen LogP contribution in [0.4, 0.5) is 10.2 Å². The average molecular weight is 459 g/mol. The highest BCUT2D eigenvalue weighted by molar-refractivity contribution is 6.30. The van der Waals surface area contributed by atoms with Gasteiger partial charge in [-0.05, 0) is 37.8 Å². The maximum Gasteiger partial charge on any atom is 0.221 e. The minimum Gasteiger partial charge on any atom is -0.469 e. The summed E-state index contributed by atoms with van der Waals surface area (Å²) in [5.74, 6) is 0.371. The van der Waals surface area contributed by atoms with Gasteiger partial charge in [0.15, 0.2) is 0 Å². The largest absolute Gasteiger partial charge is 0.469 e. The molecule has 32 heavy (non-hydrogen) atoms. The number of aromatic nitrogens is 2. The van der Waals surface area contributed by atoms with E-state index >= 15 is 0 Å². The highest BCUT2D eigenvalue weighted by atomic mass is 35.5. The Balaban J connectivity index is 1.61. The molecule has 10 heteroatoms. The number of nitriles is 1. The van der Waals surface area contributed by atoms with Gasteiger partial charge < -0.3 is 14.8 Å². The van der Waals surface area contributed by atoms with E-state index in [4.69, 9.17) is 21.1 Å². The lowest BCUT2D eigenvalue weighted by Crippen LogP contribution is -2.39. The molecule has 0 amide bonds. The van der Waals surface area contributed by atoms with Crippen molar-refractivity contribution in [3.8, 4) is 11.9 Å². The number of hydrogen-bond acceptors (Lipinski definition) is 8. The van der Waals surface area contributed by atoms with E-state index < -0.39 is 5.95 Å². The summed E-state index contributed by atoms with van der Waals surface area (Å²) in [6, 6.07) is 5.12. The number of pyridine rings is 2. The first-order valence-electron chi connectivity index (χ1n) is 10.4. The molecule has 168 valence electrons. The zero-order valence-electron chi connectivity index (χ0n) is 17.8. The molecule has 1 N–H and O–H groups in total. The molecular weight excluding hydrogens is 435 g/mol. The van der Waals surface area contributed by atoms with Crippen LogP contribution in [0, 0.1) is 17.3 Å². The molecule has 4 rings (SSSR count). The van der Waals surface area contributed by atoms with Crippen molar-refractivity contribution in [3.63, 3.8) is 0 Å². The van der Waals surface area contributed by atoms with Gasteiger partial charge in [0.2, 0.25) is 11.8 Å². The summed E-state index contributed by atoms with van der Waals surface area (Å²) in [6.07, 6.45) is 0.565. The fraction of sp³-hybridized carbons (Fsp3) is 0.455. The molecule has 0 aliphatic carbocycles. The smallest absolute Gasteiger partial charge is 0.221 e. The van der Waals surface area contributed by atoms with Gasteiger partial charge in [0.05, 0.1) is 25.3 Å². The Morgan fingerprint density at radius 2 is 2.25 bits per heavy atom. The lowest BCUT2D eigenvalue weighted by molar-refractivity contribution is -0.0822. The van der Waals surface area contributed by atoms with Gasteiger partial charge in [-0.15, -0.1) is 0 Å². The van der Waals surface area contributed by atoms with E-state index in [-0.39, 0.29) is 23.2 Å². The normalized spacial score (nSPS) is 17.1. The molecule has 2 aliphatic heterocycles. The molecule has 0 radical (unpaired) electrons. The minimum absolute atomic E-state index is 0.118. The number of anilines is 1. The van der Waals surface area contributed by atoms with Crippen LogP contribution >= 0.6 is 11.6 Å². The second kappa shape index (κ2) is 9.77. The van der Waals surface area contributed by atoms with E-state index in [0.717, 1.165) is 23.2 Å². The highest BCUT2D eigenvalue weighted by Gasteiger charge is 2.30. The molecule has 2 aromatic heterocycles. The van der Waals surface area contributed by atoms with E-state index in [1.165, 1.54) is 6.07 Å². The molecule has 2 aliphatic rings. The number of fused-ring (bicyclic) bond motifs is 1. The van der Waals surface area contributed by atoms with Crippen molar-refractivity contribution in [2.24, 2.45) is 4.99 Å². The van der Waals surface area contributed by atoms with Crippen molar-refractivity contribution in [1.29, 1.82) is 5.26 Å². The van der Waals surface area contributed by atoms with Crippen LogP contribution in [0.1, 0.15) is 35.2 Å². The molecule has 8 nitrogen and oxygen atoms in total. The topological polar surface area (TPSA) is 95.7 Å². The van der Waals surface area contributed by atoms with E-state index in [1.54, 1.807) is 6.07 Å². The van der Waals surface area contributed by atoms with Crippen LogP contribution in [0.2, 0.25) is 5.15 Å². The van der Waals surface area contributed by atoms with Crippen molar-refractivity contribution in [2.75, 3.05) is 38.2 Å². The van der Waals surface area contributed by atoms with Gasteiger partial charge in [-0.1, -0.05) is 11.6 Å². The molecule has 0 spiro atoms. The maximum absolute atomic E-state index is 13.8. The third-order valence-corrected chi connectivity index (χ3v) is 6.07. The number of rotatable bonds is 8. The molecular formula is C22H24ClFN6O2. The fourth-order valence-corrected chi connectivity index (χ4v) is 4.18. The Labute approximate surface area is 191 Å². The molecule has 1 fully saturated rings. The summed E-state index contributed by atoms with van der Waals surface area (Å²) >= 11 is 6.33. The van der Waals surface area contributed by atoms with Gasteiger partial charge in [0.25, 0.3) is 0 Å². The second-order valence-corrected chi connectivity index (χ2v) is 8.13. The SMILES string of the molecule is C=NCCNc1nc(Cl)c(C#N)c2c1CCN(C(C)c1ccc(F)nc1OC1COC1)C2. The van der Waals surface area contributed by atoms with Crippen molar-refractivity contribution >= 4 is 24.1 Å². The molecule has 1 atom stereocenters. The van der Waals surface area contributed by atoms with Crippen molar-refractivity contribution < 1.29 is 13.9 Å². The molecule has 1 unspecified atom stereocenters. The lowest BCUT2D eigenvalue weighted by atomic mass is 9.94. The first-order chi connectivity index (χ1) is 15.5. The molecule has 2 aromatic rings. The fourth-order valence-electron chi connectivity index (χ4n) is 3.94. The molecule has 4 heterocycles. The third-order valence-electron chi connectivity index (χ3n) is 5.79. The summed E-state index contributed by atoms with van der Waals surface area (Å²) < 4.78 is 24.9. The minimum atomic E-state index is -0.588. The van der Waals surface area contributed by atoms with E-state index in [2.05, 4.69) is 38.0 Å². The number of nitrogens with one attached hydrogen (secondary N) is 1. The molecule has 0 aromatic carbocycles. The Hall–Kier alpha value is -2.80. The van der Waals surface area contributed by atoms with Crippen LogP contribution in [0.25, 0.3) is 0 Å². The van der Waals surface area contributed by atoms with Crippen molar-refractivity contribution in [1.82, 2.24) is 14.9 Å². The Bertz CT molecular complexity index is 1060. The predicted molar refractivity (Wildman–Crippen MR) is 119 cm³/mol. The van der Waals surface area contributed by atoms with Crippen LogP contribution in [0.5, 0.6) is 5.88 Å². The van der Waals surface area contributed by atoms with Crippen LogP contribution in [0.15, 0.2) is 17.1 Å². The van der Waals surface area contributed by atoms with Gasteiger partial charge in [-0.3, -0.25) is 9.89 Å². The number of hydrogen-bond donors (Lipinski definition) is 1. The van der Waals surface area contributed by atoms with Crippen LogP contribution in [-0.4, -0.2) is 60.5 Å². The molecule has 1 saturated heterocycles. The Morgan fingerprint density at radius 1 is 1.44 bits per heavy atom. The Morgan fingerprint density at radius 3 is 2.94 bits per heavy atom. The van der Waals surface area contributed by atoms with Gasteiger partial charge in [-0.2, -0.15) is 14.6 Å². The first-order valence-corrected chi connectivity index (χ1v) is 10.8. The number of aliphatic imine (C=N–C) groups is 1. The summed E-state index contributed by atoms with van der Waals surface area (Å²) in [7, 11) is 0. The molecule has 0 bridgehead atoms. The predicted octanol–water partition coefficient (Wildman–Crippen LogP) is 3.15. The van der Waals surface area contributed by atoms with E-state index in [0.29, 0.717) is 50.7 Å². The van der Waals surface area contributed by atoms with Crippen molar-refractivity contribution in [2.45, 2.75) is 32.0 Å². The van der Waals surface area contributed by atoms with Gasteiger partial charge in [0.1, 0.15) is 23.1 Å². The highest BCUT2D eigenvalue weighted by Crippen LogP contribution is 2.36. The van der Waals surface area contributed by atoms with E-state index in [9.17, 15) is 9.65 Å². The monoisotopic (exact) mass is 458 g/mol. The lowest BCUT2D eigenvalue weighted by Gasteiger charge is -2.36. The Kier molecular flexibility index (Phi) is 6.84. The summed E-state index contributed by atoms with van der Waals surface area (Å²) in [6.45, 7) is 8.80. The van der Waals surface area contributed by atoms with Crippen LogP contribution in [0.3, 0.4) is 0 Å². The third kappa shape index (κ3) is 4.53. The number of nitrogens with zero attached hydrogens (tertiary/aromatic N) is 5. The summed E-state index contributed by atoms with van der Waals surface area (Å²) in [5, 5.41) is 13.1. The zero-order valence-corrected chi connectivity index (χ0v) is 18.5. The van der Waals surface area contributed by atoms with Gasteiger partial charge in [-0.25, -0.2) is 4.98 Å². The van der Waals surface area contributed by atoms with Gasteiger partial charge >= 0.3 is 0 Å². The van der Waals surface area contributed by atoms with Crippen molar-refractivity contribution in [3.05, 3.63) is 45.5 Å². The van der Waals surface area contributed by atoms with Crippen LogP contribution < -0.4 is 10.1 Å². The molecule has 0 saturated carbocycles. The van der Waals surface area contributed by atoms with Gasteiger partial charge in [0, 0.05) is 36.8 Å². The maximum atomic E-state index is 13.8. The summed E-state index contributed by atoms with van der Waals surface area (Å²) in [5.41, 5.74) is 3.01. The van der Waals surface area contributed by atoms with E-state index in [1.807, 2.05) is 6.92 Å². The van der Waals surface area contributed by atoms with Crippen LogP contribution in [-0.2, 0) is 17.7 Å². The quantitative estimate of drug-likeness (QED) is 0.369. The summed E-state index contributed by atoms with van der Waals surface area (Å²) in [4.78, 5) is 14.4. The standard InChI is InChI=1S/C22H24ClFN6O2/c1-13(15-3-4-19(24)28-22(15)32-14-11-31-12-14)30-8-5-16-18(10-30)17(9-25)20(23)29-21(16)27-7-6-26-2/h3-4,13-14H,2,5-8,10-12H2,1H3,(H,27,29). The number of halogens is 2.